The quantitative estimate of drug-likeness (QED) is 0.890. The third-order valence-corrected chi connectivity index (χ3v) is 3.26. The molecule has 1 aromatic rings. The molecule has 1 aliphatic rings. The zero-order chi connectivity index (χ0) is 13.1. The number of carboxylic acid groups (broad SMARTS) is 1. The summed E-state index contributed by atoms with van der Waals surface area (Å²) in [6, 6.07) is 5.86. The molecule has 0 bridgehead atoms. The van der Waals surface area contributed by atoms with Gasteiger partial charge in [0.1, 0.15) is 11.9 Å². The van der Waals surface area contributed by atoms with Gasteiger partial charge in [0.05, 0.1) is 12.7 Å². The molecule has 5 heteroatoms. The summed E-state index contributed by atoms with van der Waals surface area (Å²) in [4.78, 5) is 12.7. The summed E-state index contributed by atoms with van der Waals surface area (Å²) in [6.45, 7) is 3.00. The minimum atomic E-state index is -0.871. The first-order valence-electron chi connectivity index (χ1n) is 5.92. The summed E-state index contributed by atoms with van der Waals surface area (Å²) in [5, 5.41) is 8.99. The van der Waals surface area contributed by atoms with Crippen molar-refractivity contribution >= 4 is 5.97 Å². The van der Waals surface area contributed by atoms with E-state index in [1.165, 1.54) is 6.07 Å². The van der Waals surface area contributed by atoms with E-state index in [1.54, 1.807) is 30.0 Å². The van der Waals surface area contributed by atoms with Crippen LogP contribution in [0.4, 0.5) is 4.39 Å². The van der Waals surface area contributed by atoms with E-state index in [-0.39, 0.29) is 5.82 Å². The zero-order valence-electron chi connectivity index (χ0n) is 10.2. The average Bonchev–Trinajstić information content (AvgIpc) is 2.38. The van der Waals surface area contributed by atoms with Gasteiger partial charge in [-0.1, -0.05) is 18.2 Å². The van der Waals surface area contributed by atoms with Gasteiger partial charge in [0.25, 0.3) is 0 Å². The van der Waals surface area contributed by atoms with Gasteiger partial charge in [0.2, 0.25) is 0 Å². The predicted octanol–water partition coefficient (Wildman–Crippen LogP) is 1.67. The van der Waals surface area contributed by atoms with Crippen LogP contribution in [0.1, 0.15) is 18.6 Å². The van der Waals surface area contributed by atoms with Crippen LogP contribution >= 0.6 is 0 Å². The standard InChI is InChI=1S/C13H16FNO3/c1-9(13(16)17)15-6-7-18-12(8-15)10-4-2-3-5-11(10)14/h2-5,9,12H,6-8H2,1H3,(H,16,17). The molecule has 2 atom stereocenters. The van der Waals surface area contributed by atoms with Crippen molar-refractivity contribution in [3.8, 4) is 0 Å². The topological polar surface area (TPSA) is 49.8 Å². The van der Waals surface area contributed by atoms with Crippen molar-refractivity contribution in [3.05, 3.63) is 35.6 Å². The lowest BCUT2D eigenvalue weighted by Crippen LogP contribution is -2.46. The monoisotopic (exact) mass is 253 g/mol. The minimum Gasteiger partial charge on any atom is -0.480 e. The van der Waals surface area contributed by atoms with Gasteiger partial charge in [-0.2, -0.15) is 0 Å². The molecule has 1 aromatic carbocycles. The summed E-state index contributed by atoms with van der Waals surface area (Å²) in [7, 11) is 0. The third-order valence-electron chi connectivity index (χ3n) is 3.26. The summed E-state index contributed by atoms with van der Waals surface area (Å²) in [6.07, 6.45) is -0.401. The highest BCUT2D eigenvalue weighted by molar-refractivity contribution is 5.72. The molecule has 0 radical (unpaired) electrons. The van der Waals surface area contributed by atoms with Crippen molar-refractivity contribution in [1.82, 2.24) is 4.90 Å². The lowest BCUT2D eigenvalue weighted by molar-refractivity contribution is -0.145. The first-order valence-corrected chi connectivity index (χ1v) is 5.92. The van der Waals surface area contributed by atoms with Crippen molar-refractivity contribution in [2.24, 2.45) is 0 Å². The SMILES string of the molecule is CC(C(=O)O)N1CCOC(c2ccccc2F)C1. The van der Waals surface area contributed by atoms with Crippen LogP contribution in [0.5, 0.6) is 0 Å². The fraction of sp³-hybridized carbons (Fsp3) is 0.462. The highest BCUT2D eigenvalue weighted by Gasteiger charge is 2.29. The minimum absolute atomic E-state index is 0.313. The van der Waals surface area contributed by atoms with Gasteiger partial charge >= 0.3 is 5.97 Å². The van der Waals surface area contributed by atoms with E-state index in [0.717, 1.165) is 0 Å². The Labute approximate surface area is 105 Å². The molecule has 1 N–H and O–H groups in total. The molecule has 1 heterocycles. The number of halogens is 1. The molecule has 2 unspecified atom stereocenters. The molecule has 98 valence electrons. The van der Waals surface area contributed by atoms with E-state index >= 15 is 0 Å². The van der Waals surface area contributed by atoms with Crippen LogP contribution in [0, 0.1) is 5.82 Å². The molecule has 0 spiro atoms. The van der Waals surface area contributed by atoms with Crippen LogP contribution in [0.15, 0.2) is 24.3 Å². The van der Waals surface area contributed by atoms with Crippen molar-refractivity contribution < 1.29 is 19.0 Å². The van der Waals surface area contributed by atoms with Crippen LogP contribution < -0.4 is 0 Å². The number of hydrogen-bond acceptors (Lipinski definition) is 3. The highest BCUT2D eigenvalue weighted by Crippen LogP contribution is 2.25. The summed E-state index contributed by atoms with van der Waals surface area (Å²) in [5.74, 6) is -1.18. The van der Waals surface area contributed by atoms with Crippen molar-refractivity contribution in [1.29, 1.82) is 0 Å². The Balaban J connectivity index is 2.12. The molecule has 18 heavy (non-hydrogen) atoms. The fourth-order valence-electron chi connectivity index (χ4n) is 2.10. The summed E-state index contributed by atoms with van der Waals surface area (Å²) < 4.78 is 19.2. The molecular weight excluding hydrogens is 237 g/mol. The molecule has 0 aromatic heterocycles. The Bertz CT molecular complexity index is 438. The zero-order valence-corrected chi connectivity index (χ0v) is 10.2. The average molecular weight is 253 g/mol. The number of aliphatic carboxylic acids is 1. The summed E-state index contributed by atoms with van der Waals surface area (Å²) in [5.41, 5.74) is 0.486. The second kappa shape index (κ2) is 5.46. The van der Waals surface area contributed by atoms with E-state index < -0.39 is 18.1 Å². The number of morpholine rings is 1. The largest absolute Gasteiger partial charge is 0.480 e. The van der Waals surface area contributed by atoms with Crippen LogP contribution in [0.25, 0.3) is 0 Å². The molecule has 1 aliphatic heterocycles. The van der Waals surface area contributed by atoms with Gasteiger partial charge in [-0.25, -0.2) is 4.39 Å². The number of hydrogen-bond donors (Lipinski definition) is 1. The van der Waals surface area contributed by atoms with Gasteiger partial charge in [0.15, 0.2) is 0 Å². The highest BCUT2D eigenvalue weighted by atomic mass is 19.1. The number of ether oxygens (including phenoxy) is 1. The van der Waals surface area contributed by atoms with E-state index in [0.29, 0.717) is 25.3 Å². The van der Waals surface area contributed by atoms with Crippen molar-refractivity contribution in [2.45, 2.75) is 19.1 Å². The van der Waals surface area contributed by atoms with E-state index in [4.69, 9.17) is 9.84 Å². The van der Waals surface area contributed by atoms with Crippen LogP contribution in [-0.4, -0.2) is 41.7 Å². The number of carbonyl (C=O) groups is 1. The molecule has 1 fully saturated rings. The Morgan fingerprint density at radius 1 is 1.56 bits per heavy atom. The maximum Gasteiger partial charge on any atom is 0.320 e. The Morgan fingerprint density at radius 2 is 2.28 bits per heavy atom. The molecule has 4 nitrogen and oxygen atoms in total. The van der Waals surface area contributed by atoms with Crippen molar-refractivity contribution in [3.63, 3.8) is 0 Å². The molecule has 2 rings (SSSR count). The molecular formula is C13H16FNO3. The van der Waals surface area contributed by atoms with Crippen molar-refractivity contribution in [2.75, 3.05) is 19.7 Å². The lowest BCUT2D eigenvalue weighted by Gasteiger charge is -2.35. The fourth-order valence-corrected chi connectivity index (χ4v) is 2.10. The number of carboxylic acids is 1. The second-order valence-electron chi connectivity index (χ2n) is 4.39. The first kappa shape index (κ1) is 13.0. The van der Waals surface area contributed by atoms with E-state index in [9.17, 15) is 9.18 Å². The smallest absolute Gasteiger partial charge is 0.320 e. The Kier molecular flexibility index (Phi) is 3.93. The van der Waals surface area contributed by atoms with Crippen LogP contribution in [0.2, 0.25) is 0 Å². The Hall–Kier alpha value is -1.46. The number of benzene rings is 1. The first-order chi connectivity index (χ1) is 8.59. The normalized spacial score (nSPS) is 22.7. The molecule has 0 saturated carbocycles. The molecule has 1 saturated heterocycles. The second-order valence-corrected chi connectivity index (χ2v) is 4.39. The van der Waals surface area contributed by atoms with Gasteiger partial charge in [0, 0.05) is 18.7 Å². The number of nitrogens with zero attached hydrogens (tertiary/aromatic N) is 1. The molecule has 0 amide bonds. The van der Waals surface area contributed by atoms with E-state index in [1.807, 2.05) is 0 Å². The maximum atomic E-state index is 13.6. The number of rotatable bonds is 3. The van der Waals surface area contributed by atoms with E-state index in [2.05, 4.69) is 0 Å². The predicted molar refractivity (Wildman–Crippen MR) is 63.8 cm³/mol. The maximum absolute atomic E-state index is 13.6. The van der Waals surface area contributed by atoms with Gasteiger partial charge in [-0.3, -0.25) is 9.69 Å². The Morgan fingerprint density at radius 3 is 2.94 bits per heavy atom. The lowest BCUT2D eigenvalue weighted by atomic mass is 10.1. The van der Waals surface area contributed by atoms with Crippen LogP contribution in [-0.2, 0) is 9.53 Å². The van der Waals surface area contributed by atoms with Gasteiger partial charge in [-0.15, -0.1) is 0 Å². The molecule has 0 aliphatic carbocycles. The van der Waals surface area contributed by atoms with Crippen LogP contribution in [0.3, 0.4) is 0 Å². The summed E-state index contributed by atoms with van der Waals surface area (Å²) >= 11 is 0. The van der Waals surface area contributed by atoms with Gasteiger partial charge < -0.3 is 9.84 Å². The third kappa shape index (κ3) is 2.68. The van der Waals surface area contributed by atoms with Gasteiger partial charge in [-0.05, 0) is 13.0 Å².